The first-order chi connectivity index (χ1) is 7.61. The molecule has 16 heavy (non-hydrogen) atoms. The zero-order valence-electron chi connectivity index (χ0n) is 10.2. The quantitative estimate of drug-likeness (QED) is 0.772. The van der Waals surface area contributed by atoms with E-state index in [0.717, 1.165) is 12.0 Å². The molecule has 0 saturated carbocycles. The zero-order chi connectivity index (χ0) is 12.0. The van der Waals surface area contributed by atoms with Crippen LogP contribution in [0.3, 0.4) is 0 Å². The van der Waals surface area contributed by atoms with E-state index >= 15 is 0 Å². The molecule has 0 aromatic heterocycles. The van der Waals surface area contributed by atoms with Crippen molar-refractivity contribution >= 4 is 12.0 Å². The molecule has 0 heterocycles. The first kappa shape index (κ1) is 12.5. The van der Waals surface area contributed by atoms with Gasteiger partial charge in [0.15, 0.2) is 0 Å². The minimum Gasteiger partial charge on any atom is -0.350 e. The van der Waals surface area contributed by atoms with Crippen molar-refractivity contribution in [1.82, 2.24) is 5.32 Å². The van der Waals surface area contributed by atoms with Crippen LogP contribution in [0, 0.1) is 6.92 Å². The molecule has 2 nitrogen and oxygen atoms in total. The molecule has 0 unspecified atom stereocenters. The highest BCUT2D eigenvalue weighted by atomic mass is 16.1. The third-order valence-corrected chi connectivity index (χ3v) is 2.51. The van der Waals surface area contributed by atoms with Gasteiger partial charge in [-0.2, -0.15) is 0 Å². The zero-order valence-corrected chi connectivity index (χ0v) is 10.2. The molecule has 1 N–H and O–H groups in total. The molecule has 2 heteroatoms. The van der Waals surface area contributed by atoms with Gasteiger partial charge in [0.1, 0.15) is 0 Å². The Hall–Kier alpha value is -1.57. The van der Waals surface area contributed by atoms with Crippen LogP contribution in [0.15, 0.2) is 30.3 Å². The van der Waals surface area contributed by atoms with Gasteiger partial charge in [0.25, 0.3) is 0 Å². The predicted octanol–water partition coefficient (Wildman–Crippen LogP) is 2.92. The van der Waals surface area contributed by atoms with Crippen molar-refractivity contribution in [1.29, 1.82) is 0 Å². The average molecular weight is 217 g/mol. The van der Waals surface area contributed by atoms with Gasteiger partial charge in [-0.3, -0.25) is 4.79 Å². The van der Waals surface area contributed by atoms with Gasteiger partial charge in [-0.05, 0) is 31.9 Å². The molecule has 1 aromatic carbocycles. The van der Waals surface area contributed by atoms with E-state index in [9.17, 15) is 4.79 Å². The molecule has 0 radical (unpaired) electrons. The molecular formula is C14H19NO. The standard InChI is InChI=1S/C14H19NO/c1-4-12(3)15-14(16)10-9-13-7-5-11(2)6-8-13/h5-10,12H,4H2,1-3H3,(H,15,16)/b10-9+/t12-/m0/s1. The van der Waals surface area contributed by atoms with Crippen LogP contribution in [0.1, 0.15) is 31.4 Å². The Bertz CT molecular complexity index is 365. The maximum atomic E-state index is 11.5. The second kappa shape index (κ2) is 6.11. The first-order valence-electron chi connectivity index (χ1n) is 5.67. The van der Waals surface area contributed by atoms with E-state index < -0.39 is 0 Å². The van der Waals surface area contributed by atoms with Crippen molar-refractivity contribution in [3.05, 3.63) is 41.5 Å². The van der Waals surface area contributed by atoms with Gasteiger partial charge in [0.05, 0.1) is 0 Å². The summed E-state index contributed by atoms with van der Waals surface area (Å²) in [5.74, 6) is -0.0325. The van der Waals surface area contributed by atoms with Gasteiger partial charge >= 0.3 is 0 Å². The summed E-state index contributed by atoms with van der Waals surface area (Å²) in [5, 5.41) is 2.89. The van der Waals surface area contributed by atoms with E-state index in [1.807, 2.05) is 44.2 Å². The van der Waals surface area contributed by atoms with Crippen LogP contribution in [0.5, 0.6) is 0 Å². The molecule has 1 amide bonds. The highest BCUT2D eigenvalue weighted by Gasteiger charge is 2.00. The molecule has 1 rings (SSSR count). The van der Waals surface area contributed by atoms with Gasteiger partial charge in [-0.25, -0.2) is 0 Å². The maximum absolute atomic E-state index is 11.5. The number of carbonyl (C=O) groups excluding carboxylic acids is 1. The number of hydrogen-bond acceptors (Lipinski definition) is 1. The van der Waals surface area contributed by atoms with Gasteiger partial charge in [0, 0.05) is 12.1 Å². The number of rotatable bonds is 4. The van der Waals surface area contributed by atoms with Crippen LogP contribution >= 0.6 is 0 Å². The topological polar surface area (TPSA) is 29.1 Å². The minimum atomic E-state index is -0.0325. The Morgan fingerprint density at radius 1 is 1.38 bits per heavy atom. The summed E-state index contributed by atoms with van der Waals surface area (Å²) in [5.41, 5.74) is 2.27. The van der Waals surface area contributed by atoms with E-state index in [4.69, 9.17) is 0 Å². The van der Waals surface area contributed by atoms with Gasteiger partial charge in [-0.15, -0.1) is 0 Å². The lowest BCUT2D eigenvalue weighted by atomic mass is 10.1. The fourth-order valence-electron chi connectivity index (χ4n) is 1.24. The van der Waals surface area contributed by atoms with Crippen LogP contribution < -0.4 is 5.32 Å². The summed E-state index contributed by atoms with van der Waals surface area (Å²) in [6.07, 6.45) is 4.36. The lowest BCUT2D eigenvalue weighted by molar-refractivity contribution is -0.117. The number of aryl methyl sites for hydroxylation is 1. The molecule has 0 aliphatic heterocycles. The van der Waals surface area contributed by atoms with E-state index in [-0.39, 0.29) is 11.9 Å². The molecule has 0 spiro atoms. The Kier molecular flexibility index (Phi) is 4.77. The summed E-state index contributed by atoms with van der Waals surface area (Å²) in [6, 6.07) is 8.30. The fourth-order valence-corrected chi connectivity index (χ4v) is 1.24. The highest BCUT2D eigenvalue weighted by Crippen LogP contribution is 2.04. The monoisotopic (exact) mass is 217 g/mol. The van der Waals surface area contributed by atoms with Gasteiger partial charge < -0.3 is 5.32 Å². The van der Waals surface area contributed by atoms with Crippen LogP contribution in [0.2, 0.25) is 0 Å². The lowest BCUT2D eigenvalue weighted by Crippen LogP contribution is -2.30. The van der Waals surface area contributed by atoms with Gasteiger partial charge in [0.2, 0.25) is 5.91 Å². The largest absolute Gasteiger partial charge is 0.350 e. The summed E-state index contributed by atoms with van der Waals surface area (Å²) in [6.45, 7) is 6.09. The third-order valence-electron chi connectivity index (χ3n) is 2.51. The second-order valence-electron chi connectivity index (χ2n) is 4.06. The number of hydrogen-bond donors (Lipinski definition) is 1. The van der Waals surface area contributed by atoms with E-state index in [1.54, 1.807) is 6.08 Å². The molecule has 86 valence electrons. The van der Waals surface area contributed by atoms with Crippen LogP contribution in [-0.4, -0.2) is 11.9 Å². The molecule has 1 aromatic rings. The Balaban J connectivity index is 2.53. The van der Waals surface area contributed by atoms with Crippen molar-refractivity contribution in [2.75, 3.05) is 0 Å². The molecule has 0 aliphatic carbocycles. The molecule has 1 atom stereocenters. The molecular weight excluding hydrogens is 198 g/mol. The van der Waals surface area contributed by atoms with Crippen molar-refractivity contribution in [3.8, 4) is 0 Å². The number of nitrogens with one attached hydrogen (secondary N) is 1. The van der Waals surface area contributed by atoms with Crippen molar-refractivity contribution < 1.29 is 4.79 Å². The van der Waals surface area contributed by atoms with Crippen molar-refractivity contribution in [2.45, 2.75) is 33.2 Å². The summed E-state index contributed by atoms with van der Waals surface area (Å²) in [7, 11) is 0. The first-order valence-corrected chi connectivity index (χ1v) is 5.67. The molecule has 0 bridgehead atoms. The summed E-state index contributed by atoms with van der Waals surface area (Å²) in [4.78, 5) is 11.5. The van der Waals surface area contributed by atoms with Crippen molar-refractivity contribution in [3.63, 3.8) is 0 Å². The fraction of sp³-hybridized carbons (Fsp3) is 0.357. The number of carbonyl (C=O) groups is 1. The average Bonchev–Trinajstić information content (AvgIpc) is 2.28. The van der Waals surface area contributed by atoms with Crippen LogP contribution in [0.4, 0.5) is 0 Å². The lowest BCUT2D eigenvalue weighted by Gasteiger charge is -2.08. The maximum Gasteiger partial charge on any atom is 0.244 e. The Labute approximate surface area is 97.4 Å². The molecule has 0 aliphatic rings. The molecule has 0 fully saturated rings. The van der Waals surface area contributed by atoms with Crippen molar-refractivity contribution in [2.24, 2.45) is 0 Å². The van der Waals surface area contributed by atoms with Gasteiger partial charge in [-0.1, -0.05) is 36.8 Å². The Morgan fingerprint density at radius 2 is 2.00 bits per heavy atom. The summed E-state index contributed by atoms with van der Waals surface area (Å²) >= 11 is 0. The SMILES string of the molecule is CC[C@H](C)NC(=O)/C=C/c1ccc(C)cc1. The van der Waals surface area contributed by atoms with E-state index in [0.29, 0.717) is 0 Å². The second-order valence-corrected chi connectivity index (χ2v) is 4.06. The van der Waals surface area contributed by atoms with Crippen LogP contribution in [0.25, 0.3) is 6.08 Å². The third kappa shape index (κ3) is 4.30. The number of amides is 1. The molecule has 0 saturated heterocycles. The van der Waals surface area contributed by atoms with Crippen LogP contribution in [-0.2, 0) is 4.79 Å². The Morgan fingerprint density at radius 3 is 2.56 bits per heavy atom. The minimum absolute atomic E-state index is 0.0325. The van der Waals surface area contributed by atoms with E-state index in [1.165, 1.54) is 5.56 Å². The number of benzene rings is 1. The van der Waals surface area contributed by atoms with E-state index in [2.05, 4.69) is 12.2 Å². The predicted molar refractivity (Wildman–Crippen MR) is 68.1 cm³/mol. The normalized spacial score (nSPS) is 12.7. The smallest absolute Gasteiger partial charge is 0.244 e. The summed E-state index contributed by atoms with van der Waals surface area (Å²) < 4.78 is 0. The highest BCUT2D eigenvalue weighted by molar-refractivity contribution is 5.91.